The predicted molar refractivity (Wildman–Crippen MR) is 90.5 cm³/mol. The van der Waals surface area contributed by atoms with E-state index >= 15 is 0 Å². The van der Waals surface area contributed by atoms with Crippen molar-refractivity contribution in [2.45, 2.75) is 0 Å². The average molecular weight is 296 g/mol. The quantitative estimate of drug-likeness (QED) is 0.808. The summed E-state index contributed by atoms with van der Waals surface area (Å²) >= 11 is 1.77. The number of nitrogens with zero attached hydrogens (tertiary/aromatic N) is 3. The van der Waals surface area contributed by atoms with Crippen molar-refractivity contribution in [3.63, 3.8) is 0 Å². The van der Waals surface area contributed by atoms with Crippen molar-refractivity contribution in [3.05, 3.63) is 66.2 Å². The van der Waals surface area contributed by atoms with E-state index in [9.17, 15) is 0 Å². The van der Waals surface area contributed by atoms with Crippen LogP contribution in [0.15, 0.2) is 65.7 Å². The molecule has 0 radical (unpaired) electrons. The molecule has 4 heteroatoms. The van der Waals surface area contributed by atoms with Crippen LogP contribution in [0.1, 0.15) is 5.56 Å². The Kier molecular flexibility index (Phi) is 4.06. The van der Waals surface area contributed by atoms with Crippen molar-refractivity contribution in [1.82, 2.24) is 5.01 Å². The number of amidine groups is 1. The number of aliphatic imine (C=N–C) groups is 1. The predicted octanol–water partition coefficient (Wildman–Crippen LogP) is 3.40. The molecule has 0 aliphatic carbocycles. The fourth-order valence-electron chi connectivity index (χ4n) is 2.31. The lowest BCUT2D eigenvalue weighted by atomic mass is 10.1. The van der Waals surface area contributed by atoms with E-state index < -0.39 is 0 Å². The third-order valence-electron chi connectivity index (χ3n) is 3.26. The van der Waals surface area contributed by atoms with Crippen LogP contribution in [-0.4, -0.2) is 40.4 Å². The summed E-state index contributed by atoms with van der Waals surface area (Å²) in [6.07, 6.45) is 0. The molecule has 3 rings (SSSR count). The fourth-order valence-corrected chi connectivity index (χ4v) is 3.43. The summed E-state index contributed by atoms with van der Waals surface area (Å²) in [6, 6.07) is 20.6. The Morgan fingerprint density at radius 1 is 0.952 bits per heavy atom. The fraction of sp³-hybridized carbons (Fsp3) is 0.176. The first-order valence-corrected chi connectivity index (χ1v) is 7.89. The van der Waals surface area contributed by atoms with Gasteiger partial charge in [-0.25, -0.2) is 5.01 Å². The SMILES string of the molecule is CN(C)[N+]1=C(c2ccccc2)CSC1=Nc1ccccc1. The van der Waals surface area contributed by atoms with E-state index in [-0.39, 0.29) is 0 Å². The molecule has 106 valence electrons. The smallest absolute Gasteiger partial charge is 0.249 e. The minimum atomic E-state index is 0.938. The molecule has 0 fully saturated rings. The van der Waals surface area contributed by atoms with Gasteiger partial charge in [-0.3, -0.25) is 0 Å². The number of rotatable bonds is 3. The number of para-hydroxylation sites is 1. The van der Waals surface area contributed by atoms with Gasteiger partial charge < -0.3 is 0 Å². The number of hydrazone groups is 1. The summed E-state index contributed by atoms with van der Waals surface area (Å²) in [5, 5.41) is 3.11. The molecule has 1 aliphatic heterocycles. The third-order valence-corrected chi connectivity index (χ3v) is 4.20. The Hall–Kier alpha value is -2.07. The van der Waals surface area contributed by atoms with Gasteiger partial charge in [0.25, 0.3) is 0 Å². The summed E-state index contributed by atoms with van der Waals surface area (Å²) in [4.78, 5) is 4.78. The van der Waals surface area contributed by atoms with Gasteiger partial charge in [-0.15, -0.1) is 4.68 Å². The standard InChI is InChI=1S/C17H18N3S/c1-19(2)20-16(14-9-5-3-6-10-14)13-21-17(20)18-15-11-7-4-8-12-15/h3-12H,13H2,1-2H3/q+1. The minimum absolute atomic E-state index is 0.938. The molecule has 2 aromatic carbocycles. The van der Waals surface area contributed by atoms with Crippen LogP contribution in [0.5, 0.6) is 0 Å². The number of hydrogen-bond donors (Lipinski definition) is 0. The molecule has 3 nitrogen and oxygen atoms in total. The summed E-state index contributed by atoms with van der Waals surface area (Å²) in [7, 11) is 4.10. The average Bonchev–Trinajstić information content (AvgIpc) is 2.93. The van der Waals surface area contributed by atoms with Crippen LogP contribution in [0, 0.1) is 0 Å². The van der Waals surface area contributed by atoms with Crippen LogP contribution in [0.3, 0.4) is 0 Å². The molecular formula is C17H18N3S+. The molecule has 0 aromatic heterocycles. The Bertz CT molecular complexity index is 676. The Labute approximate surface area is 129 Å². The van der Waals surface area contributed by atoms with E-state index in [1.54, 1.807) is 11.8 Å². The van der Waals surface area contributed by atoms with Crippen LogP contribution >= 0.6 is 11.8 Å². The monoisotopic (exact) mass is 296 g/mol. The second-order valence-corrected chi connectivity index (χ2v) is 5.93. The van der Waals surface area contributed by atoms with E-state index in [1.807, 2.05) is 36.4 Å². The van der Waals surface area contributed by atoms with E-state index in [1.165, 1.54) is 11.3 Å². The molecule has 1 heterocycles. The molecule has 0 saturated carbocycles. The van der Waals surface area contributed by atoms with Crippen molar-refractivity contribution in [2.24, 2.45) is 4.99 Å². The second-order valence-electron chi connectivity index (χ2n) is 4.99. The van der Waals surface area contributed by atoms with Crippen LogP contribution < -0.4 is 0 Å². The largest absolute Gasteiger partial charge is 0.383 e. The van der Waals surface area contributed by atoms with E-state index in [0.717, 1.165) is 16.6 Å². The van der Waals surface area contributed by atoms with E-state index in [4.69, 9.17) is 4.99 Å². The summed E-state index contributed by atoms with van der Waals surface area (Å²) in [5.41, 5.74) is 3.51. The molecule has 0 N–H and O–H groups in total. The highest BCUT2D eigenvalue weighted by Gasteiger charge is 2.32. The lowest BCUT2D eigenvalue weighted by molar-refractivity contribution is -0.577. The Balaban J connectivity index is 2.05. The highest BCUT2D eigenvalue weighted by molar-refractivity contribution is 8.14. The van der Waals surface area contributed by atoms with Crippen LogP contribution in [0.4, 0.5) is 5.69 Å². The molecule has 1 aliphatic rings. The second kappa shape index (κ2) is 6.14. The molecule has 0 unspecified atom stereocenters. The van der Waals surface area contributed by atoms with Gasteiger partial charge in [0.2, 0.25) is 0 Å². The maximum Gasteiger partial charge on any atom is 0.383 e. The Morgan fingerprint density at radius 2 is 1.57 bits per heavy atom. The van der Waals surface area contributed by atoms with Crippen molar-refractivity contribution in [1.29, 1.82) is 0 Å². The summed E-state index contributed by atoms with van der Waals surface area (Å²) in [6.45, 7) is 0. The van der Waals surface area contributed by atoms with Gasteiger partial charge in [0.15, 0.2) is 5.69 Å². The van der Waals surface area contributed by atoms with Gasteiger partial charge in [0.05, 0.1) is 5.75 Å². The van der Waals surface area contributed by atoms with E-state index in [0.29, 0.717) is 0 Å². The van der Waals surface area contributed by atoms with Crippen molar-refractivity contribution >= 4 is 28.3 Å². The molecule has 0 bridgehead atoms. The zero-order valence-corrected chi connectivity index (χ0v) is 13.0. The van der Waals surface area contributed by atoms with Gasteiger partial charge >= 0.3 is 5.17 Å². The van der Waals surface area contributed by atoms with Crippen molar-refractivity contribution < 1.29 is 4.68 Å². The molecule has 0 saturated heterocycles. The number of thioether (sulfide) groups is 1. The first-order chi connectivity index (χ1) is 10.3. The van der Waals surface area contributed by atoms with Gasteiger partial charge in [-0.1, -0.05) is 48.5 Å². The molecule has 0 amide bonds. The summed E-state index contributed by atoms with van der Waals surface area (Å²) < 4.78 is 2.19. The lowest BCUT2D eigenvalue weighted by Crippen LogP contribution is -2.33. The number of benzene rings is 2. The van der Waals surface area contributed by atoms with E-state index in [2.05, 4.69) is 48.1 Å². The molecular weight excluding hydrogens is 278 g/mol. The topological polar surface area (TPSA) is 18.6 Å². The Morgan fingerprint density at radius 3 is 2.19 bits per heavy atom. The van der Waals surface area contributed by atoms with Crippen molar-refractivity contribution in [3.8, 4) is 0 Å². The highest BCUT2D eigenvalue weighted by atomic mass is 32.2. The normalized spacial score (nSPS) is 16.6. The van der Waals surface area contributed by atoms with Gasteiger partial charge in [0, 0.05) is 19.7 Å². The van der Waals surface area contributed by atoms with Gasteiger partial charge in [-0.05, 0) is 28.9 Å². The number of hydrogen-bond acceptors (Lipinski definition) is 3. The first-order valence-electron chi connectivity index (χ1n) is 6.91. The molecule has 0 atom stereocenters. The third kappa shape index (κ3) is 3.00. The summed E-state index contributed by atoms with van der Waals surface area (Å²) in [5.74, 6) is 0.938. The molecule has 2 aromatic rings. The van der Waals surface area contributed by atoms with Gasteiger partial charge in [0.1, 0.15) is 5.71 Å². The number of hydrazine groups is 1. The van der Waals surface area contributed by atoms with Gasteiger partial charge in [-0.2, -0.15) is 0 Å². The maximum absolute atomic E-state index is 4.78. The van der Waals surface area contributed by atoms with Crippen molar-refractivity contribution in [2.75, 3.05) is 19.8 Å². The first kappa shape index (κ1) is 13.9. The van der Waals surface area contributed by atoms with Crippen LogP contribution in [-0.2, 0) is 0 Å². The minimum Gasteiger partial charge on any atom is -0.249 e. The zero-order chi connectivity index (χ0) is 14.7. The van der Waals surface area contributed by atoms with Crippen LogP contribution in [0.25, 0.3) is 0 Å². The highest BCUT2D eigenvalue weighted by Crippen LogP contribution is 2.23. The zero-order valence-electron chi connectivity index (χ0n) is 12.2. The lowest BCUT2D eigenvalue weighted by Gasteiger charge is -2.12. The maximum atomic E-state index is 4.78. The molecule has 0 spiro atoms. The molecule has 21 heavy (non-hydrogen) atoms. The van der Waals surface area contributed by atoms with Crippen LogP contribution in [0.2, 0.25) is 0 Å².